The van der Waals surface area contributed by atoms with Crippen molar-refractivity contribution in [3.8, 4) is 5.75 Å². The topological polar surface area (TPSA) is 43.4 Å². The Kier molecular flexibility index (Phi) is 4.05. The maximum Gasteiger partial charge on any atom is 0.204 e. The molecule has 0 aliphatic heterocycles. The molecule has 0 heterocycles. The fourth-order valence-electron chi connectivity index (χ4n) is 1.52. The Labute approximate surface area is 102 Å². The Morgan fingerprint density at radius 3 is 2.29 bits per heavy atom. The number of Topliss-reactive ketones (excluding diaryl/α,β-unsaturated/α-hetero) is 2. The number of rotatable bonds is 4. The number of hydrogen-bond acceptors (Lipinski definition) is 3. The van der Waals surface area contributed by atoms with Gasteiger partial charge < -0.3 is 4.74 Å². The van der Waals surface area contributed by atoms with E-state index in [0.29, 0.717) is 5.75 Å². The van der Waals surface area contributed by atoms with Crippen molar-refractivity contribution in [1.29, 1.82) is 0 Å². The molecule has 0 atom stereocenters. The molecular formula is C14H18O3. The molecular weight excluding hydrogens is 216 g/mol. The van der Waals surface area contributed by atoms with Crippen LogP contribution in [0.5, 0.6) is 5.75 Å². The van der Waals surface area contributed by atoms with Gasteiger partial charge in [-0.15, -0.1) is 0 Å². The average molecular weight is 234 g/mol. The van der Waals surface area contributed by atoms with Gasteiger partial charge in [-0.3, -0.25) is 9.59 Å². The SMILES string of the molecule is COc1ccccc1CC(=O)C(=O)C(C)(C)C. The first-order valence-corrected chi connectivity index (χ1v) is 5.56. The lowest BCUT2D eigenvalue weighted by atomic mass is 9.86. The van der Waals surface area contributed by atoms with Crippen LogP contribution in [0.1, 0.15) is 26.3 Å². The monoisotopic (exact) mass is 234 g/mol. The molecule has 92 valence electrons. The van der Waals surface area contributed by atoms with Crippen LogP contribution in [-0.4, -0.2) is 18.7 Å². The van der Waals surface area contributed by atoms with E-state index in [2.05, 4.69) is 0 Å². The zero-order valence-electron chi connectivity index (χ0n) is 10.7. The summed E-state index contributed by atoms with van der Waals surface area (Å²) >= 11 is 0. The van der Waals surface area contributed by atoms with Crippen LogP contribution in [0.4, 0.5) is 0 Å². The van der Waals surface area contributed by atoms with Crippen LogP contribution in [0.15, 0.2) is 24.3 Å². The molecule has 0 amide bonds. The standard InChI is InChI=1S/C14H18O3/c1-14(2,3)13(16)11(15)9-10-7-5-6-8-12(10)17-4/h5-8H,9H2,1-4H3. The van der Waals surface area contributed by atoms with Crippen molar-refractivity contribution < 1.29 is 14.3 Å². The molecule has 1 aromatic carbocycles. The summed E-state index contributed by atoms with van der Waals surface area (Å²) < 4.78 is 5.15. The van der Waals surface area contributed by atoms with Gasteiger partial charge in [-0.05, 0) is 6.07 Å². The van der Waals surface area contributed by atoms with E-state index in [-0.39, 0.29) is 18.0 Å². The van der Waals surface area contributed by atoms with E-state index in [4.69, 9.17) is 4.74 Å². The van der Waals surface area contributed by atoms with Gasteiger partial charge in [0.15, 0.2) is 0 Å². The van der Waals surface area contributed by atoms with E-state index in [9.17, 15) is 9.59 Å². The molecule has 0 aliphatic carbocycles. The second-order valence-electron chi connectivity index (χ2n) is 4.99. The van der Waals surface area contributed by atoms with Crippen LogP contribution in [0.2, 0.25) is 0 Å². The van der Waals surface area contributed by atoms with Crippen LogP contribution >= 0.6 is 0 Å². The Morgan fingerprint density at radius 1 is 1.18 bits per heavy atom. The zero-order chi connectivity index (χ0) is 13.1. The van der Waals surface area contributed by atoms with Crippen LogP contribution in [0.25, 0.3) is 0 Å². The van der Waals surface area contributed by atoms with E-state index >= 15 is 0 Å². The molecule has 0 bridgehead atoms. The molecule has 0 spiro atoms. The van der Waals surface area contributed by atoms with Crippen molar-refractivity contribution in [1.82, 2.24) is 0 Å². The Morgan fingerprint density at radius 2 is 1.76 bits per heavy atom. The lowest BCUT2D eigenvalue weighted by molar-refractivity contribution is -0.140. The minimum Gasteiger partial charge on any atom is -0.496 e. The van der Waals surface area contributed by atoms with Gasteiger partial charge in [-0.2, -0.15) is 0 Å². The minimum absolute atomic E-state index is 0.0973. The van der Waals surface area contributed by atoms with Gasteiger partial charge in [-0.25, -0.2) is 0 Å². The maximum atomic E-state index is 11.8. The van der Waals surface area contributed by atoms with Crippen LogP contribution in [0.3, 0.4) is 0 Å². The van der Waals surface area contributed by atoms with Gasteiger partial charge in [0, 0.05) is 17.4 Å². The zero-order valence-corrected chi connectivity index (χ0v) is 10.7. The van der Waals surface area contributed by atoms with Crippen molar-refractivity contribution in [2.75, 3.05) is 7.11 Å². The molecule has 0 saturated carbocycles. The highest BCUT2D eigenvalue weighted by atomic mass is 16.5. The van der Waals surface area contributed by atoms with E-state index in [0.717, 1.165) is 5.56 Å². The van der Waals surface area contributed by atoms with Gasteiger partial charge in [0.05, 0.1) is 7.11 Å². The van der Waals surface area contributed by atoms with Gasteiger partial charge >= 0.3 is 0 Å². The molecule has 3 nitrogen and oxygen atoms in total. The van der Waals surface area contributed by atoms with E-state index in [1.807, 2.05) is 12.1 Å². The lowest BCUT2D eigenvalue weighted by Crippen LogP contribution is -2.29. The second kappa shape index (κ2) is 5.13. The first-order valence-electron chi connectivity index (χ1n) is 5.56. The quantitative estimate of drug-likeness (QED) is 0.751. The first-order chi connectivity index (χ1) is 7.86. The average Bonchev–Trinajstić information content (AvgIpc) is 2.27. The number of methoxy groups -OCH3 is 1. The van der Waals surface area contributed by atoms with Gasteiger partial charge in [0.2, 0.25) is 11.6 Å². The molecule has 0 unspecified atom stereocenters. The first kappa shape index (κ1) is 13.4. The summed E-state index contributed by atoms with van der Waals surface area (Å²) in [6.45, 7) is 5.24. The normalized spacial score (nSPS) is 11.1. The molecule has 0 saturated heterocycles. The summed E-state index contributed by atoms with van der Waals surface area (Å²) in [6, 6.07) is 7.24. The van der Waals surface area contributed by atoms with Gasteiger partial charge in [0.1, 0.15) is 5.75 Å². The molecule has 1 aromatic rings. The Bertz CT molecular complexity index is 427. The second-order valence-corrected chi connectivity index (χ2v) is 4.99. The Balaban J connectivity index is 2.85. The summed E-state index contributed by atoms with van der Waals surface area (Å²) in [4.78, 5) is 23.6. The van der Waals surface area contributed by atoms with Crippen LogP contribution in [0, 0.1) is 5.41 Å². The number of ketones is 2. The number of benzene rings is 1. The molecule has 0 radical (unpaired) electrons. The number of carbonyl (C=O) groups excluding carboxylic acids is 2. The third-order valence-electron chi connectivity index (χ3n) is 2.48. The lowest BCUT2D eigenvalue weighted by Gasteiger charge is -2.15. The number of para-hydroxylation sites is 1. The molecule has 1 rings (SSSR count). The van der Waals surface area contributed by atoms with Crippen molar-refractivity contribution in [3.63, 3.8) is 0 Å². The largest absolute Gasteiger partial charge is 0.496 e. The summed E-state index contributed by atoms with van der Waals surface area (Å²) in [6.07, 6.45) is 0.0973. The van der Waals surface area contributed by atoms with Gasteiger partial charge in [-0.1, -0.05) is 39.0 Å². The molecule has 3 heteroatoms. The summed E-state index contributed by atoms with van der Waals surface area (Å²) in [5.41, 5.74) is 0.122. The number of hydrogen-bond donors (Lipinski definition) is 0. The molecule has 0 fully saturated rings. The van der Waals surface area contributed by atoms with E-state index in [1.165, 1.54) is 0 Å². The minimum atomic E-state index is -0.626. The highest BCUT2D eigenvalue weighted by Crippen LogP contribution is 2.21. The Hall–Kier alpha value is -1.64. The maximum absolute atomic E-state index is 11.8. The molecule has 0 aromatic heterocycles. The highest BCUT2D eigenvalue weighted by Gasteiger charge is 2.28. The van der Waals surface area contributed by atoms with Crippen molar-refractivity contribution in [2.45, 2.75) is 27.2 Å². The van der Waals surface area contributed by atoms with Crippen LogP contribution < -0.4 is 4.74 Å². The fourth-order valence-corrected chi connectivity index (χ4v) is 1.52. The van der Waals surface area contributed by atoms with Crippen molar-refractivity contribution in [2.24, 2.45) is 5.41 Å². The predicted molar refractivity (Wildman–Crippen MR) is 66.2 cm³/mol. The number of ether oxygens (including phenoxy) is 1. The van der Waals surface area contributed by atoms with Gasteiger partial charge in [0.25, 0.3) is 0 Å². The van der Waals surface area contributed by atoms with Crippen molar-refractivity contribution >= 4 is 11.6 Å². The number of carbonyl (C=O) groups is 2. The third-order valence-corrected chi connectivity index (χ3v) is 2.48. The summed E-state index contributed by atoms with van der Waals surface area (Å²) in [5, 5.41) is 0. The molecule has 17 heavy (non-hydrogen) atoms. The third kappa shape index (κ3) is 3.41. The summed E-state index contributed by atoms with van der Waals surface area (Å²) in [5.74, 6) is -0.0760. The van der Waals surface area contributed by atoms with E-state index < -0.39 is 5.41 Å². The smallest absolute Gasteiger partial charge is 0.204 e. The molecule has 0 N–H and O–H groups in total. The highest BCUT2D eigenvalue weighted by molar-refractivity contribution is 6.39. The fraction of sp³-hybridized carbons (Fsp3) is 0.429. The predicted octanol–water partition coefficient (Wildman–Crippen LogP) is 2.42. The van der Waals surface area contributed by atoms with E-state index in [1.54, 1.807) is 40.0 Å². The summed E-state index contributed by atoms with van der Waals surface area (Å²) in [7, 11) is 1.55. The van der Waals surface area contributed by atoms with Crippen LogP contribution in [-0.2, 0) is 16.0 Å². The molecule has 0 aliphatic rings. The van der Waals surface area contributed by atoms with Crippen molar-refractivity contribution in [3.05, 3.63) is 29.8 Å².